The zero-order valence-electron chi connectivity index (χ0n) is 11.1. The van der Waals surface area contributed by atoms with Crippen molar-refractivity contribution in [2.75, 3.05) is 7.11 Å². The molecule has 1 aromatic carbocycles. The molecule has 1 aliphatic heterocycles. The highest BCUT2D eigenvalue weighted by Crippen LogP contribution is 2.35. The summed E-state index contributed by atoms with van der Waals surface area (Å²) in [5, 5.41) is 9.35. The smallest absolute Gasteiger partial charge is 0.136 e. The maximum atomic E-state index is 9.35. The Morgan fingerprint density at radius 2 is 1.95 bits per heavy atom. The highest BCUT2D eigenvalue weighted by atomic mass is 16.5. The van der Waals surface area contributed by atoms with Crippen molar-refractivity contribution in [3.63, 3.8) is 0 Å². The highest BCUT2D eigenvalue weighted by Gasteiger charge is 2.22. The summed E-state index contributed by atoms with van der Waals surface area (Å²) in [6.07, 6.45) is 6.26. The van der Waals surface area contributed by atoms with E-state index in [0.717, 1.165) is 22.7 Å². The molecule has 98 valence electrons. The molecule has 2 aliphatic rings. The predicted molar refractivity (Wildman–Crippen MR) is 75.9 cm³/mol. The van der Waals surface area contributed by atoms with E-state index >= 15 is 0 Å². The summed E-state index contributed by atoms with van der Waals surface area (Å²) in [6, 6.07) is 12.0. The van der Waals surface area contributed by atoms with E-state index in [9.17, 15) is 5.26 Å². The maximum Gasteiger partial charge on any atom is 0.136 e. The van der Waals surface area contributed by atoms with Gasteiger partial charge in [-0.3, -0.25) is 0 Å². The van der Waals surface area contributed by atoms with E-state index in [4.69, 9.17) is 9.47 Å². The third-order valence-electron chi connectivity index (χ3n) is 3.29. The second kappa shape index (κ2) is 5.10. The number of fused-ring (bicyclic) bond motifs is 1. The van der Waals surface area contributed by atoms with Crippen LogP contribution in [0.1, 0.15) is 12.0 Å². The molecular formula is C17H13NO2. The molecule has 3 heteroatoms. The summed E-state index contributed by atoms with van der Waals surface area (Å²) >= 11 is 0. The summed E-state index contributed by atoms with van der Waals surface area (Å²) in [5.41, 5.74) is 2.34. The second-order valence-corrected chi connectivity index (χ2v) is 4.50. The van der Waals surface area contributed by atoms with Gasteiger partial charge in [-0.15, -0.1) is 0 Å². The molecule has 0 amide bonds. The van der Waals surface area contributed by atoms with Gasteiger partial charge in [-0.25, -0.2) is 0 Å². The molecule has 3 rings (SSSR count). The van der Waals surface area contributed by atoms with Crippen LogP contribution in [-0.2, 0) is 9.47 Å². The van der Waals surface area contributed by atoms with Crippen LogP contribution in [0.2, 0.25) is 0 Å². The SMILES string of the molecule is COC1=CC2=C(C#N)C=C(c3ccccc3)OC2=CC1. The number of rotatable bonds is 2. The van der Waals surface area contributed by atoms with Crippen LogP contribution in [-0.4, -0.2) is 7.11 Å². The Hall–Kier alpha value is -2.73. The summed E-state index contributed by atoms with van der Waals surface area (Å²) in [4.78, 5) is 0. The summed E-state index contributed by atoms with van der Waals surface area (Å²) in [7, 11) is 1.63. The van der Waals surface area contributed by atoms with Gasteiger partial charge in [0, 0.05) is 17.6 Å². The fraction of sp³-hybridized carbons (Fsp3) is 0.118. The highest BCUT2D eigenvalue weighted by molar-refractivity contribution is 5.71. The van der Waals surface area contributed by atoms with Gasteiger partial charge in [0.15, 0.2) is 0 Å². The van der Waals surface area contributed by atoms with Crippen LogP contribution in [0.5, 0.6) is 0 Å². The van der Waals surface area contributed by atoms with Gasteiger partial charge in [0.25, 0.3) is 0 Å². The van der Waals surface area contributed by atoms with Gasteiger partial charge in [0.05, 0.1) is 12.7 Å². The van der Waals surface area contributed by atoms with E-state index in [-0.39, 0.29) is 0 Å². The quantitative estimate of drug-likeness (QED) is 0.817. The Labute approximate surface area is 117 Å². The second-order valence-electron chi connectivity index (χ2n) is 4.50. The summed E-state index contributed by atoms with van der Waals surface area (Å²) < 4.78 is 11.2. The van der Waals surface area contributed by atoms with Gasteiger partial charge in [0.1, 0.15) is 23.3 Å². The Morgan fingerprint density at radius 3 is 2.65 bits per heavy atom. The minimum Gasteiger partial charge on any atom is -0.501 e. The third kappa shape index (κ3) is 2.12. The van der Waals surface area contributed by atoms with Crippen LogP contribution >= 0.6 is 0 Å². The first-order valence-corrected chi connectivity index (χ1v) is 6.36. The van der Waals surface area contributed by atoms with Gasteiger partial charge >= 0.3 is 0 Å². The Balaban J connectivity index is 2.08. The fourth-order valence-corrected chi connectivity index (χ4v) is 2.24. The van der Waals surface area contributed by atoms with Crippen LogP contribution in [0, 0.1) is 11.3 Å². The molecule has 0 aromatic heterocycles. The molecular weight excluding hydrogens is 250 g/mol. The summed E-state index contributed by atoms with van der Waals surface area (Å²) in [5.74, 6) is 2.26. The lowest BCUT2D eigenvalue weighted by Gasteiger charge is -2.23. The number of hydrogen-bond acceptors (Lipinski definition) is 3. The lowest BCUT2D eigenvalue weighted by atomic mass is 9.97. The first kappa shape index (κ1) is 12.3. The monoisotopic (exact) mass is 263 g/mol. The molecule has 0 fully saturated rings. The molecule has 1 aliphatic carbocycles. The van der Waals surface area contributed by atoms with E-state index in [2.05, 4.69) is 6.07 Å². The fourth-order valence-electron chi connectivity index (χ4n) is 2.24. The molecule has 0 spiro atoms. The molecule has 0 saturated heterocycles. The van der Waals surface area contributed by atoms with Crippen molar-refractivity contribution in [2.45, 2.75) is 6.42 Å². The van der Waals surface area contributed by atoms with Crippen LogP contribution < -0.4 is 0 Å². The molecule has 0 N–H and O–H groups in total. The topological polar surface area (TPSA) is 42.2 Å². The number of ether oxygens (including phenoxy) is 2. The molecule has 0 bridgehead atoms. The average molecular weight is 263 g/mol. The molecule has 0 radical (unpaired) electrons. The van der Waals surface area contributed by atoms with E-state index in [0.29, 0.717) is 17.8 Å². The first-order valence-electron chi connectivity index (χ1n) is 6.36. The first-order chi connectivity index (χ1) is 9.81. The van der Waals surface area contributed by atoms with Crippen molar-refractivity contribution in [2.24, 2.45) is 0 Å². The molecule has 0 unspecified atom stereocenters. The Morgan fingerprint density at radius 1 is 1.15 bits per heavy atom. The van der Waals surface area contributed by atoms with Crippen LogP contribution in [0.3, 0.4) is 0 Å². The van der Waals surface area contributed by atoms with Crippen molar-refractivity contribution in [1.29, 1.82) is 5.26 Å². The standard InChI is InChI=1S/C17H13NO2/c1-19-14-7-8-16-15(10-14)13(11-18)9-17(20-16)12-5-3-2-4-6-12/h2-6,8-10H,7H2,1H3. The van der Waals surface area contributed by atoms with Gasteiger partial charge in [-0.2, -0.15) is 5.26 Å². The summed E-state index contributed by atoms with van der Waals surface area (Å²) in [6.45, 7) is 0. The third-order valence-corrected chi connectivity index (χ3v) is 3.29. The van der Waals surface area contributed by atoms with Crippen molar-refractivity contribution >= 4 is 5.76 Å². The lowest BCUT2D eigenvalue weighted by Crippen LogP contribution is -2.08. The maximum absolute atomic E-state index is 9.35. The molecule has 1 heterocycles. The van der Waals surface area contributed by atoms with Crippen molar-refractivity contribution in [1.82, 2.24) is 0 Å². The Kier molecular flexibility index (Phi) is 3.14. The van der Waals surface area contributed by atoms with Crippen molar-refractivity contribution < 1.29 is 9.47 Å². The molecule has 1 aromatic rings. The minimum atomic E-state index is 0.593. The number of nitrogens with zero attached hydrogens (tertiary/aromatic N) is 1. The number of methoxy groups -OCH3 is 1. The normalized spacial score (nSPS) is 17.1. The van der Waals surface area contributed by atoms with Gasteiger partial charge in [-0.05, 0) is 18.2 Å². The van der Waals surface area contributed by atoms with Gasteiger partial charge < -0.3 is 9.47 Å². The number of hydrogen-bond donors (Lipinski definition) is 0. The van der Waals surface area contributed by atoms with E-state index < -0.39 is 0 Å². The largest absolute Gasteiger partial charge is 0.501 e. The molecule has 3 nitrogen and oxygen atoms in total. The molecule has 0 saturated carbocycles. The van der Waals surface area contributed by atoms with E-state index in [1.54, 1.807) is 13.2 Å². The van der Waals surface area contributed by atoms with Crippen LogP contribution in [0.4, 0.5) is 0 Å². The van der Waals surface area contributed by atoms with Gasteiger partial charge in [-0.1, -0.05) is 30.3 Å². The number of allylic oxidation sites excluding steroid dienone is 4. The average Bonchev–Trinajstić information content (AvgIpc) is 2.54. The number of benzene rings is 1. The Bertz CT molecular complexity index is 700. The van der Waals surface area contributed by atoms with Crippen molar-refractivity contribution in [3.8, 4) is 6.07 Å². The van der Waals surface area contributed by atoms with E-state index in [1.807, 2.05) is 42.5 Å². The van der Waals surface area contributed by atoms with Crippen LogP contribution in [0.15, 0.2) is 71.2 Å². The van der Waals surface area contributed by atoms with Gasteiger partial charge in [0.2, 0.25) is 0 Å². The minimum absolute atomic E-state index is 0.593. The molecule has 0 atom stereocenters. The lowest BCUT2D eigenvalue weighted by molar-refractivity contribution is 0.279. The predicted octanol–water partition coefficient (Wildman–Crippen LogP) is 3.70. The molecule has 20 heavy (non-hydrogen) atoms. The van der Waals surface area contributed by atoms with E-state index in [1.165, 1.54) is 0 Å². The zero-order chi connectivity index (χ0) is 13.9. The van der Waals surface area contributed by atoms with Crippen LogP contribution in [0.25, 0.3) is 5.76 Å². The number of nitriles is 1. The van der Waals surface area contributed by atoms with Crippen molar-refractivity contribution in [3.05, 3.63) is 76.8 Å². The zero-order valence-corrected chi connectivity index (χ0v) is 11.1.